The number of ether oxygens (including phenoxy) is 1. The van der Waals surface area contributed by atoms with E-state index in [-0.39, 0.29) is 17.8 Å². The number of nitro groups is 1. The molecule has 112 valence electrons. The van der Waals surface area contributed by atoms with Gasteiger partial charge in [-0.05, 0) is 12.5 Å². The molecule has 1 aromatic rings. The van der Waals surface area contributed by atoms with E-state index in [1.807, 2.05) is 0 Å². The van der Waals surface area contributed by atoms with Crippen molar-refractivity contribution in [3.63, 3.8) is 0 Å². The first kappa shape index (κ1) is 15.1. The predicted octanol–water partition coefficient (Wildman–Crippen LogP) is 1.94. The third kappa shape index (κ3) is 3.08. The van der Waals surface area contributed by atoms with Crippen LogP contribution in [0.15, 0.2) is 18.2 Å². The molecule has 1 aliphatic rings. The van der Waals surface area contributed by atoms with Crippen LogP contribution in [0.4, 0.5) is 11.4 Å². The lowest BCUT2D eigenvalue weighted by atomic mass is 10.1. The van der Waals surface area contributed by atoms with Crippen LogP contribution in [0, 0.1) is 10.1 Å². The average molecular weight is 292 g/mol. The van der Waals surface area contributed by atoms with Crippen LogP contribution in [0.25, 0.3) is 0 Å². The number of non-ortho nitro benzene ring substituents is 1. The van der Waals surface area contributed by atoms with Crippen molar-refractivity contribution >= 4 is 23.1 Å². The van der Waals surface area contributed by atoms with Gasteiger partial charge in [-0.2, -0.15) is 0 Å². The van der Waals surface area contributed by atoms with E-state index in [0.717, 1.165) is 18.9 Å². The molecule has 2 rings (SSSR count). The number of nitrogens with zero attached hydrogens (tertiary/aromatic N) is 2. The number of Topliss-reactive ketones (excluding diaryl/α,β-unsaturated/α-hetero) is 1. The van der Waals surface area contributed by atoms with Gasteiger partial charge in [-0.15, -0.1) is 0 Å². The maximum atomic E-state index is 11.9. The highest BCUT2D eigenvalue weighted by Crippen LogP contribution is 2.31. The van der Waals surface area contributed by atoms with Crippen molar-refractivity contribution in [1.29, 1.82) is 0 Å². The Hall–Kier alpha value is -2.28. The minimum Gasteiger partial charge on any atom is -0.380 e. The zero-order valence-electron chi connectivity index (χ0n) is 11.7. The first-order valence-corrected chi connectivity index (χ1v) is 6.78. The van der Waals surface area contributed by atoms with E-state index in [1.54, 1.807) is 0 Å². The van der Waals surface area contributed by atoms with Gasteiger partial charge in [0.15, 0.2) is 0 Å². The lowest BCUT2D eigenvalue weighted by Crippen LogP contribution is -2.32. The van der Waals surface area contributed by atoms with E-state index >= 15 is 0 Å². The molecule has 0 saturated carbocycles. The molecule has 1 amide bonds. The van der Waals surface area contributed by atoms with Gasteiger partial charge in [0.2, 0.25) is 0 Å². The summed E-state index contributed by atoms with van der Waals surface area (Å²) in [6.45, 7) is 3.25. The van der Waals surface area contributed by atoms with Crippen molar-refractivity contribution in [2.45, 2.75) is 19.8 Å². The van der Waals surface area contributed by atoms with Crippen molar-refractivity contribution < 1.29 is 19.2 Å². The minimum absolute atomic E-state index is 0.0859. The molecule has 0 bridgehead atoms. The van der Waals surface area contributed by atoms with Crippen LogP contribution in [-0.4, -0.2) is 36.4 Å². The van der Waals surface area contributed by atoms with Crippen molar-refractivity contribution in [2.24, 2.45) is 0 Å². The van der Waals surface area contributed by atoms with Crippen LogP contribution in [-0.2, 0) is 9.53 Å². The number of hydrogen-bond donors (Lipinski definition) is 0. The van der Waals surface area contributed by atoms with Gasteiger partial charge < -0.3 is 9.64 Å². The highest BCUT2D eigenvalue weighted by Gasteiger charge is 2.36. The fraction of sp³-hybridized carbons (Fsp3) is 0.429. The van der Waals surface area contributed by atoms with E-state index < -0.39 is 16.6 Å². The highest BCUT2D eigenvalue weighted by atomic mass is 16.6. The first-order chi connectivity index (χ1) is 10.1. The molecule has 0 spiro atoms. The van der Waals surface area contributed by atoms with Gasteiger partial charge in [0.1, 0.15) is 0 Å². The standard InChI is InChI=1S/C14H16N2O5/c1-2-3-7-21-8-6-15-12-5-4-10(16(19)20)9-11(12)13(17)14(15)18/h4-5,9H,2-3,6-8H2,1H3. The molecule has 0 radical (unpaired) electrons. The number of benzene rings is 1. The molecule has 1 aliphatic heterocycles. The van der Waals surface area contributed by atoms with Gasteiger partial charge in [0.25, 0.3) is 17.4 Å². The third-order valence-electron chi connectivity index (χ3n) is 3.27. The number of fused-ring (bicyclic) bond motifs is 1. The van der Waals surface area contributed by atoms with Gasteiger partial charge in [0, 0.05) is 25.3 Å². The maximum Gasteiger partial charge on any atom is 0.299 e. The van der Waals surface area contributed by atoms with E-state index in [4.69, 9.17) is 4.74 Å². The zero-order valence-corrected chi connectivity index (χ0v) is 11.7. The molecular formula is C14H16N2O5. The summed E-state index contributed by atoms with van der Waals surface area (Å²) in [6, 6.07) is 3.87. The number of carbonyl (C=O) groups excluding carboxylic acids is 2. The summed E-state index contributed by atoms with van der Waals surface area (Å²) in [5, 5.41) is 10.7. The Kier molecular flexibility index (Phi) is 4.64. The molecule has 0 aliphatic carbocycles. The van der Waals surface area contributed by atoms with Crippen molar-refractivity contribution in [2.75, 3.05) is 24.7 Å². The molecule has 21 heavy (non-hydrogen) atoms. The Labute approximate surface area is 121 Å². The first-order valence-electron chi connectivity index (χ1n) is 6.78. The molecule has 0 aromatic heterocycles. The second kappa shape index (κ2) is 6.45. The summed E-state index contributed by atoms with van der Waals surface area (Å²) in [6.07, 6.45) is 1.96. The second-order valence-corrected chi connectivity index (χ2v) is 4.71. The van der Waals surface area contributed by atoms with E-state index in [9.17, 15) is 19.7 Å². The largest absolute Gasteiger partial charge is 0.380 e. The van der Waals surface area contributed by atoms with Crippen LogP contribution in [0.3, 0.4) is 0 Å². The summed E-state index contributed by atoms with van der Waals surface area (Å²) in [5.41, 5.74) is 0.299. The molecule has 0 unspecified atom stereocenters. The lowest BCUT2D eigenvalue weighted by molar-refractivity contribution is -0.384. The summed E-state index contributed by atoms with van der Waals surface area (Å²) >= 11 is 0. The highest BCUT2D eigenvalue weighted by molar-refractivity contribution is 6.52. The smallest absolute Gasteiger partial charge is 0.299 e. The minimum atomic E-state index is -0.706. The number of amides is 1. The van der Waals surface area contributed by atoms with Crippen LogP contribution in [0.1, 0.15) is 30.1 Å². The summed E-state index contributed by atoms with van der Waals surface area (Å²) in [4.78, 5) is 35.2. The zero-order chi connectivity index (χ0) is 15.4. The topological polar surface area (TPSA) is 89.8 Å². The molecule has 0 atom stereocenters. The quantitative estimate of drug-likeness (QED) is 0.331. The van der Waals surface area contributed by atoms with Crippen LogP contribution >= 0.6 is 0 Å². The van der Waals surface area contributed by atoms with E-state index in [2.05, 4.69) is 6.92 Å². The van der Waals surface area contributed by atoms with Gasteiger partial charge in [-0.3, -0.25) is 19.7 Å². The molecule has 7 nitrogen and oxygen atoms in total. The summed E-state index contributed by atoms with van der Waals surface area (Å²) in [5.74, 6) is -1.37. The van der Waals surface area contributed by atoms with E-state index in [1.165, 1.54) is 17.0 Å². The fourth-order valence-electron chi connectivity index (χ4n) is 2.13. The van der Waals surface area contributed by atoms with Gasteiger partial charge in [-0.1, -0.05) is 13.3 Å². The molecule has 1 heterocycles. The lowest BCUT2D eigenvalue weighted by Gasteiger charge is -2.16. The van der Waals surface area contributed by atoms with Gasteiger partial charge in [-0.25, -0.2) is 0 Å². The van der Waals surface area contributed by atoms with Crippen LogP contribution in [0.2, 0.25) is 0 Å². The second-order valence-electron chi connectivity index (χ2n) is 4.71. The fourth-order valence-corrected chi connectivity index (χ4v) is 2.13. The molecular weight excluding hydrogens is 276 g/mol. The Morgan fingerprint density at radius 3 is 2.71 bits per heavy atom. The predicted molar refractivity (Wildman–Crippen MR) is 75.5 cm³/mol. The van der Waals surface area contributed by atoms with Crippen LogP contribution in [0.5, 0.6) is 0 Å². The normalized spacial score (nSPS) is 13.7. The summed E-state index contributed by atoms with van der Waals surface area (Å²) in [7, 11) is 0. The number of hydrogen-bond acceptors (Lipinski definition) is 5. The molecule has 7 heteroatoms. The Morgan fingerprint density at radius 2 is 2.05 bits per heavy atom. The monoisotopic (exact) mass is 292 g/mol. The number of unbranched alkanes of at least 4 members (excludes halogenated alkanes) is 1. The number of nitro benzene ring substituents is 1. The summed E-state index contributed by atoms with van der Waals surface area (Å²) < 4.78 is 5.38. The Bertz CT molecular complexity index is 585. The van der Waals surface area contributed by atoms with E-state index in [0.29, 0.717) is 18.9 Å². The number of carbonyl (C=O) groups is 2. The van der Waals surface area contributed by atoms with Gasteiger partial charge >= 0.3 is 0 Å². The molecule has 0 fully saturated rings. The Balaban J connectivity index is 2.10. The van der Waals surface area contributed by atoms with Crippen molar-refractivity contribution in [3.8, 4) is 0 Å². The van der Waals surface area contributed by atoms with Crippen molar-refractivity contribution in [3.05, 3.63) is 33.9 Å². The van der Waals surface area contributed by atoms with Crippen LogP contribution < -0.4 is 4.90 Å². The SMILES string of the molecule is CCCCOCCN1C(=O)C(=O)c2cc([N+](=O)[O-])ccc21. The third-order valence-corrected chi connectivity index (χ3v) is 3.27. The number of ketones is 1. The maximum absolute atomic E-state index is 11.9. The molecule has 1 aromatic carbocycles. The number of anilines is 1. The molecule has 0 N–H and O–H groups in total. The van der Waals surface area contributed by atoms with Crippen molar-refractivity contribution in [1.82, 2.24) is 0 Å². The molecule has 0 saturated heterocycles. The average Bonchev–Trinajstić information content (AvgIpc) is 2.71. The Morgan fingerprint density at radius 1 is 1.29 bits per heavy atom. The number of rotatable bonds is 7. The van der Waals surface area contributed by atoms with Gasteiger partial charge in [0.05, 0.1) is 22.8 Å².